The molecule has 7 heteroatoms. The van der Waals surface area contributed by atoms with Gasteiger partial charge in [-0.3, -0.25) is 0 Å². The fourth-order valence-corrected chi connectivity index (χ4v) is 2.34. The zero-order valence-corrected chi connectivity index (χ0v) is 12.5. The van der Waals surface area contributed by atoms with Crippen molar-refractivity contribution >= 4 is 12.0 Å². The van der Waals surface area contributed by atoms with Gasteiger partial charge in [0.1, 0.15) is 23.7 Å². The Morgan fingerprint density at radius 2 is 2.14 bits per heavy atom. The number of carbonyl (C=O) groups excluding carboxylic acids is 1. The fraction of sp³-hybridized carbons (Fsp3) is 0.571. The molecular weight excluding hydrogens is 276 g/mol. The van der Waals surface area contributed by atoms with Crippen LogP contribution in [-0.2, 0) is 16.1 Å². The molecular formula is C14H20N2O5. The van der Waals surface area contributed by atoms with Crippen molar-refractivity contribution in [2.75, 3.05) is 26.7 Å². The molecule has 2 amide bonds. The van der Waals surface area contributed by atoms with Crippen molar-refractivity contribution in [2.45, 2.75) is 26.0 Å². The average molecular weight is 296 g/mol. The SMILES string of the molecule is Cc1ccc(CN(C)C(=O)N2CC(C)(OCC(=O)O)C2)o1. The number of hydrogen-bond donors (Lipinski definition) is 1. The third-order valence-corrected chi connectivity index (χ3v) is 3.38. The number of furan rings is 1. The molecule has 0 unspecified atom stereocenters. The highest BCUT2D eigenvalue weighted by Crippen LogP contribution is 2.25. The topological polar surface area (TPSA) is 83.2 Å². The zero-order chi connectivity index (χ0) is 15.6. The Labute approximate surface area is 123 Å². The third kappa shape index (κ3) is 3.75. The van der Waals surface area contributed by atoms with Gasteiger partial charge >= 0.3 is 12.0 Å². The lowest BCUT2D eigenvalue weighted by Crippen LogP contribution is -2.65. The number of hydrogen-bond acceptors (Lipinski definition) is 4. The predicted octanol–water partition coefficient (Wildman–Crippen LogP) is 1.32. The molecule has 1 aliphatic heterocycles. The summed E-state index contributed by atoms with van der Waals surface area (Å²) in [6.45, 7) is 4.48. The van der Waals surface area contributed by atoms with Crippen LogP contribution in [0.15, 0.2) is 16.5 Å². The van der Waals surface area contributed by atoms with Crippen LogP contribution in [0.4, 0.5) is 4.79 Å². The van der Waals surface area contributed by atoms with E-state index in [0.29, 0.717) is 19.6 Å². The molecule has 0 saturated carbocycles. The quantitative estimate of drug-likeness (QED) is 0.886. The maximum Gasteiger partial charge on any atom is 0.329 e. The first kappa shape index (κ1) is 15.4. The van der Waals surface area contributed by atoms with E-state index in [1.54, 1.807) is 23.8 Å². The first-order valence-electron chi connectivity index (χ1n) is 6.70. The Bertz CT molecular complexity index is 533. The molecule has 1 aliphatic rings. The summed E-state index contributed by atoms with van der Waals surface area (Å²) in [6.07, 6.45) is 0. The van der Waals surface area contributed by atoms with Gasteiger partial charge in [0.05, 0.1) is 19.6 Å². The highest BCUT2D eigenvalue weighted by Gasteiger charge is 2.43. The molecule has 2 rings (SSSR count). The van der Waals surface area contributed by atoms with Gasteiger partial charge in [0.2, 0.25) is 0 Å². The lowest BCUT2D eigenvalue weighted by molar-refractivity contribution is -0.160. The predicted molar refractivity (Wildman–Crippen MR) is 73.9 cm³/mol. The Morgan fingerprint density at radius 1 is 1.48 bits per heavy atom. The van der Waals surface area contributed by atoms with Gasteiger partial charge < -0.3 is 24.1 Å². The van der Waals surface area contributed by atoms with Crippen molar-refractivity contribution in [3.63, 3.8) is 0 Å². The van der Waals surface area contributed by atoms with E-state index in [9.17, 15) is 9.59 Å². The van der Waals surface area contributed by atoms with Gasteiger partial charge in [-0.25, -0.2) is 9.59 Å². The van der Waals surface area contributed by atoms with Crippen LogP contribution in [0.1, 0.15) is 18.4 Å². The molecule has 0 bridgehead atoms. The minimum absolute atomic E-state index is 0.125. The number of carboxylic acid groups (broad SMARTS) is 1. The lowest BCUT2D eigenvalue weighted by Gasteiger charge is -2.48. The highest BCUT2D eigenvalue weighted by molar-refractivity contribution is 5.75. The number of urea groups is 1. The number of likely N-dealkylation sites (tertiary alicyclic amines) is 1. The van der Waals surface area contributed by atoms with E-state index in [4.69, 9.17) is 14.3 Å². The van der Waals surface area contributed by atoms with Crippen LogP contribution in [0.2, 0.25) is 0 Å². The van der Waals surface area contributed by atoms with Gasteiger partial charge in [-0.1, -0.05) is 0 Å². The van der Waals surface area contributed by atoms with Crippen LogP contribution in [0.25, 0.3) is 0 Å². The Kier molecular flexibility index (Phi) is 4.22. The molecule has 2 heterocycles. The molecule has 0 radical (unpaired) electrons. The largest absolute Gasteiger partial charge is 0.480 e. The average Bonchev–Trinajstić information content (AvgIpc) is 2.77. The molecule has 1 aromatic rings. The number of amides is 2. The molecule has 1 saturated heterocycles. The Morgan fingerprint density at radius 3 is 2.67 bits per heavy atom. The highest BCUT2D eigenvalue weighted by atomic mass is 16.5. The molecule has 116 valence electrons. The van der Waals surface area contributed by atoms with E-state index in [-0.39, 0.29) is 12.6 Å². The summed E-state index contributed by atoms with van der Waals surface area (Å²) in [5.41, 5.74) is -0.573. The summed E-state index contributed by atoms with van der Waals surface area (Å²) >= 11 is 0. The summed E-state index contributed by atoms with van der Waals surface area (Å²) in [7, 11) is 1.70. The number of ether oxygens (including phenoxy) is 1. The number of aryl methyl sites for hydroxylation is 1. The molecule has 1 N–H and O–H groups in total. The van der Waals surface area contributed by atoms with Crippen molar-refractivity contribution in [1.29, 1.82) is 0 Å². The Hall–Kier alpha value is -2.02. The molecule has 0 aliphatic carbocycles. The standard InChI is InChI=1S/C14H20N2O5/c1-10-4-5-11(21-10)6-15(3)13(19)16-8-14(2,9-16)20-7-12(17)18/h4-5H,6-9H2,1-3H3,(H,17,18). The number of carbonyl (C=O) groups is 2. The van der Waals surface area contributed by atoms with Crippen molar-refractivity contribution < 1.29 is 23.8 Å². The summed E-state index contributed by atoms with van der Waals surface area (Å²) in [5.74, 6) is 0.532. The van der Waals surface area contributed by atoms with Crippen molar-refractivity contribution in [1.82, 2.24) is 9.80 Å². The van der Waals surface area contributed by atoms with E-state index < -0.39 is 11.6 Å². The number of aliphatic carboxylic acids is 1. The normalized spacial score (nSPS) is 16.4. The van der Waals surface area contributed by atoms with Crippen LogP contribution in [0.5, 0.6) is 0 Å². The monoisotopic (exact) mass is 296 g/mol. The number of nitrogens with zero attached hydrogens (tertiary/aromatic N) is 2. The van der Waals surface area contributed by atoms with Crippen LogP contribution in [-0.4, -0.2) is 59.3 Å². The summed E-state index contributed by atoms with van der Waals surface area (Å²) < 4.78 is 10.7. The minimum Gasteiger partial charge on any atom is -0.480 e. The zero-order valence-electron chi connectivity index (χ0n) is 12.5. The van der Waals surface area contributed by atoms with E-state index in [1.807, 2.05) is 19.1 Å². The minimum atomic E-state index is -1.01. The first-order chi connectivity index (χ1) is 9.79. The molecule has 1 aromatic heterocycles. The lowest BCUT2D eigenvalue weighted by atomic mass is 9.97. The van der Waals surface area contributed by atoms with Crippen LogP contribution in [0, 0.1) is 6.92 Å². The molecule has 0 atom stereocenters. The van der Waals surface area contributed by atoms with E-state index in [0.717, 1.165) is 11.5 Å². The van der Waals surface area contributed by atoms with Gasteiger partial charge in [-0.05, 0) is 26.0 Å². The van der Waals surface area contributed by atoms with Crippen LogP contribution < -0.4 is 0 Å². The molecule has 7 nitrogen and oxygen atoms in total. The second kappa shape index (κ2) is 5.77. The van der Waals surface area contributed by atoms with E-state index >= 15 is 0 Å². The third-order valence-electron chi connectivity index (χ3n) is 3.38. The van der Waals surface area contributed by atoms with Gasteiger partial charge in [-0.2, -0.15) is 0 Å². The van der Waals surface area contributed by atoms with Crippen LogP contribution >= 0.6 is 0 Å². The number of carboxylic acids is 1. The second-order valence-corrected chi connectivity index (χ2v) is 5.64. The van der Waals surface area contributed by atoms with Gasteiger partial charge in [0.15, 0.2) is 0 Å². The van der Waals surface area contributed by atoms with Crippen LogP contribution in [0.3, 0.4) is 0 Å². The van der Waals surface area contributed by atoms with E-state index in [2.05, 4.69) is 0 Å². The summed E-state index contributed by atoms with van der Waals surface area (Å²) in [6, 6.07) is 3.57. The smallest absolute Gasteiger partial charge is 0.329 e. The van der Waals surface area contributed by atoms with E-state index in [1.165, 1.54) is 0 Å². The molecule has 0 spiro atoms. The Balaban J connectivity index is 1.81. The molecule has 21 heavy (non-hydrogen) atoms. The van der Waals surface area contributed by atoms with Crippen molar-refractivity contribution in [3.05, 3.63) is 23.7 Å². The maximum atomic E-state index is 12.2. The summed E-state index contributed by atoms with van der Waals surface area (Å²) in [5, 5.41) is 8.60. The maximum absolute atomic E-state index is 12.2. The first-order valence-corrected chi connectivity index (χ1v) is 6.70. The fourth-order valence-electron chi connectivity index (χ4n) is 2.34. The van der Waals surface area contributed by atoms with Gasteiger partial charge in [0, 0.05) is 7.05 Å². The summed E-state index contributed by atoms with van der Waals surface area (Å²) in [4.78, 5) is 25.9. The number of rotatable bonds is 5. The van der Waals surface area contributed by atoms with Gasteiger partial charge in [0.25, 0.3) is 0 Å². The van der Waals surface area contributed by atoms with Gasteiger partial charge in [-0.15, -0.1) is 0 Å². The molecule has 0 aromatic carbocycles. The van der Waals surface area contributed by atoms with Crippen molar-refractivity contribution in [3.8, 4) is 0 Å². The second-order valence-electron chi connectivity index (χ2n) is 5.64. The molecule has 1 fully saturated rings. The van der Waals surface area contributed by atoms with Crippen molar-refractivity contribution in [2.24, 2.45) is 0 Å².